The van der Waals surface area contributed by atoms with Gasteiger partial charge in [0.25, 0.3) is 0 Å². The zero-order valence-electron chi connectivity index (χ0n) is 11.2. The minimum atomic E-state index is -0.119. The van der Waals surface area contributed by atoms with Crippen LogP contribution in [0.25, 0.3) is 0 Å². The van der Waals surface area contributed by atoms with E-state index in [1.807, 2.05) is 42.5 Å². The van der Waals surface area contributed by atoms with E-state index < -0.39 is 0 Å². The molecule has 1 amide bonds. The molecule has 4 nitrogen and oxygen atoms in total. The quantitative estimate of drug-likeness (QED) is 0.924. The van der Waals surface area contributed by atoms with Crippen molar-refractivity contribution in [3.05, 3.63) is 60.2 Å². The summed E-state index contributed by atoms with van der Waals surface area (Å²) in [4.78, 5) is 13.7. The zero-order valence-corrected chi connectivity index (χ0v) is 11.2. The van der Waals surface area contributed by atoms with Crippen molar-refractivity contribution in [2.75, 3.05) is 23.8 Å². The molecule has 4 heteroatoms. The molecule has 0 atom stereocenters. The van der Waals surface area contributed by atoms with Gasteiger partial charge in [0.15, 0.2) is 0 Å². The molecule has 0 aliphatic carbocycles. The molecule has 0 saturated carbocycles. The SMILES string of the molecule is CN(CC(=O)Nc1ccccc1)c1ccccc1C#N. The zero-order chi connectivity index (χ0) is 14.4. The smallest absolute Gasteiger partial charge is 0.243 e. The van der Waals surface area contributed by atoms with Gasteiger partial charge in [0.1, 0.15) is 6.07 Å². The summed E-state index contributed by atoms with van der Waals surface area (Å²) in [5, 5.41) is 11.9. The summed E-state index contributed by atoms with van der Waals surface area (Å²) >= 11 is 0. The molecule has 2 rings (SSSR count). The van der Waals surface area contributed by atoms with Gasteiger partial charge in [0.05, 0.1) is 17.8 Å². The molecule has 0 aromatic heterocycles. The first-order valence-electron chi connectivity index (χ1n) is 6.26. The Morgan fingerprint density at radius 3 is 2.50 bits per heavy atom. The number of hydrogen-bond acceptors (Lipinski definition) is 3. The van der Waals surface area contributed by atoms with Gasteiger partial charge in [-0.2, -0.15) is 5.26 Å². The highest BCUT2D eigenvalue weighted by Crippen LogP contribution is 2.17. The maximum atomic E-state index is 12.0. The monoisotopic (exact) mass is 265 g/mol. The van der Waals surface area contributed by atoms with Crippen LogP contribution in [0.5, 0.6) is 0 Å². The number of amides is 1. The average molecular weight is 265 g/mol. The lowest BCUT2D eigenvalue weighted by molar-refractivity contribution is -0.114. The van der Waals surface area contributed by atoms with Gasteiger partial charge in [-0.1, -0.05) is 30.3 Å². The van der Waals surface area contributed by atoms with Crippen LogP contribution in [-0.2, 0) is 4.79 Å². The maximum Gasteiger partial charge on any atom is 0.243 e. The highest BCUT2D eigenvalue weighted by molar-refractivity contribution is 5.94. The Bertz CT molecular complexity index is 632. The summed E-state index contributed by atoms with van der Waals surface area (Å²) in [6, 6.07) is 18.6. The van der Waals surface area contributed by atoms with Crippen LogP contribution in [0.4, 0.5) is 11.4 Å². The van der Waals surface area contributed by atoms with Crippen molar-refractivity contribution in [3.8, 4) is 6.07 Å². The molecule has 0 unspecified atom stereocenters. The molecule has 1 N–H and O–H groups in total. The van der Waals surface area contributed by atoms with Gasteiger partial charge >= 0.3 is 0 Å². The number of para-hydroxylation sites is 2. The number of nitrogens with zero attached hydrogens (tertiary/aromatic N) is 2. The van der Waals surface area contributed by atoms with Crippen molar-refractivity contribution in [1.82, 2.24) is 0 Å². The average Bonchev–Trinajstić information content (AvgIpc) is 2.48. The van der Waals surface area contributed by atoms with Crippen LogP contribution in [0.2, 0.25) is 0 Å². The van der Waals surface area contributed by atoms with Crippen molar-refractivity contribution in [2.24, 2.45) is 0 Å². The van der Waals surface area contributed by atoms with Crippen LogP contribution in [-0.4, -0.2) is 19.5 Å². The van der Waals surface area contributed by atoms with Crippen LogP contribution < -0.4 is 10.2 Å². The third-order valence-corrected chi connectivity index (χ3v) is 2.87. The van der Waals surface area contributed by atoms with Gasteiger partial charge in [-0.15, -0.1) is 0 Å². The second-order valence-electron chi connectivity index (χ2n) is 4.40. The summed E-state index contributed by atoms with van der Waals surface area (Å²) in [6.07, 6.45) is 0. The molecule has 2 aromatic rings. The first-order chi connectivity index (χ1) is 9.70. The third kappa shape index (κ3) is 3.36. The molecule has 0 aliphatic heterocycles. The molecule has 2 aromatic carbocycles. The summed E-state index contributed by atoms with van der Waals surface area (Å²) in [5.74, 6) is -0.119. The van der Waals surface area contributed by atoms with Gasteiger partial charge in [-0.05, 0) is 24.3 Å². The van der Waals surface area contributed by atoms with Gasteiger partial charge in [0, 0.05) is 12.7 Å². The fraction of sp³-hybridized carbons (Fsp3) is 0.125. The number of hydrogen-bond donors (Lipinski definition) is 1. The Morgan fingerprint density at radius 2 is 1.80 bits per heavy atom. The minimum Gasteiger partial charge on any atom is -0.364 e. The van der Waals surface area contributed by atoms with E-state index >= 15 is 0 Å². The molecule has 20 heavy (non-hydrogen) atoms. The second kappa shape index (κ2) is 6.39. The van der Waals surface area contributed by atoms with E-state index in [9.17, 15) is 4.79 Å². The maximum absolute atomic E-state index is 12.0. The lowest BCUT2D eigenvalue weighted by atomic mass is 10.2. The van der Waals surface area contributed by atoms with Crippen LogP contribution >= 0.6 is 0 Å². The molecule has 0 bridgehead atoms. The van der Waals surface area contributed by atoms with Crippen molar-refractivity contribution in [3.63, 3.8) is 0 Å². The Kier molecular flexibility index (Phi) is 4.35. The van der Waals surface area contributed by atoms with Crippen molar-refractivity contribution in [1.29, 1.82) is 5.26 Å². The Hall–Kier alpha value is -2.80. The number of carbonyl (C=O) groups excluding carboxylic acids is 1. The topological polar surface area (TPSA) is 56.1 Å². The van der Waals surface area contributed by atoms with Crippen molar-refractivity contribution < 1.29 is 4.79 Å². The van der Waals surface area contributed by atoms with E-state index in [4.69, 9.17) is 5.26 Å². The molecular weight excluding hydrogens is 250 g/mol. The normalized spacial score (nSPS) is 9.60. The summed E-state index contributed by atoms with van der Waals surface area (Å²) < 4.78 is 0. The minimum absolute atomic E-state index is 0.119. The Morgan fingerprint density at radius 1 is 1.15 bits per heavy atom. The predicted molar refractivity (Wildman–Crippen MR) is 79.5 cm³/mol. The van der Waals surface area contributed by atoms with Crippen LogP contribution in [0.3, 0.4) is 0 Å². The van der Waals surface area contributed by atoms with Crippen LogP contribution in [0, 0.1) is 11.3 Å². The molecule has 0 radical (unpaired) electrons. The van der Waals surface area contributed by atoms with Gasteiger partial charge < -0.3 is 10.2 Å². The second-order valence-corrected chi connectivity index (χ2v) is 4.40. The molecule has 0 aliphatic rings. The largest absolute Gasteiger partial charge is 0.364 e. The van der Waals surface area contributed by atoms with E-state index in [2.05, 4.69) is 11.4 Å². The fourth-order valence-corrected chi connectivity index (χ4v) is 1.92. The third-order valence-electron chi connectivity index (χ3n) is 2.87. The molecule has 0 heterocycles. The van der Waals surface area contributed by atoms with Crippen LogP contribution in [0.1, 0.15) is 5.56 Å². The lowest BCUT2D eigenvalue weighted by Crippen LogP contribution is -2.30. The fourth-order valence-electron chi connectivity index (χ4n) is 1.92. The lowest BCUT2D eigenvalue weighted by Gasteiger charge is -2.19. The number of rotatable bonds is 4. The Labute approximate surface area is 118 Å². The van der Waals surface area contributed by atoms with E-state index in [-0.39, 0.29) is 12.5 Å². The van der Waals surface area contributed by atoms with E-state index in [0.717, 1.165) is 11.4 Å². The van der Waals surface area contributed by atoms with Crippen molar-refractivity contribution in [2.45, 2.75) is 0 Å². The summed E-state index contributed by atoms with van der Waals surface area (Å²) in [5.41, 5.74) is 2.07. The predicted octanol–water partition coefficient (Wildman–Crippen LogP) is 2.63. The van der Waals surface area contributed by atoms with Gasteiger partial charge in [0.2, 0.25) is 5.91 Å². The van der Waals surface area contributed by atoms with E-state index in [0.29, 0.717) is 5.56 Å². The highest BCUT2D eigenvalue weighted by atomic mass is 16.2. The van der Waals surface area contributed by atoms with Gasteiger partial charge in [-0.25, -0.2) is 0 Å². The molecule has 0 saturated heterocycles. The van der Waals surface area contributed by atoms with Crippen molar-refractivity contribution >= 4 is 17.3 Å². The Balaban J connectivity index is 2.03. The van der Waals surface area contributed by atoms with E-state index in [1.54, 1.807) is 24.1 Å². The molecule has 0 spiro atoms. The van der Waals surface area contributed by atoms with Gasteiger partial charge in [-0.3, -0.25) is 4.79 Å². The van der Waals surface area contributed by atoms with Crippen LogP contribution in [0.15, 0.2) is 54.6 Å². The molecule has 100 valence electrons. The standard InChI is InChI=1S/C16H15N3O/c1-19(15-10-6-5-7-13(15)11-17)12-16(20)18-14-8-3-2-4-9-14/h2-10H,12H2,1H3,(H,18,20). The molecule has 0 fully saturated rings. The first-order valence-corrected chi connectivity index (χ1v) is 6.26. The first kappa shape index (κ1) is 13.6. The summed E-state index contributed by atoms with van der Waals surface area (Å²) in [7, 11) is 1.79. The number of anilines is 2. The number of nitrogens with one attached hydrogen (secondary N) is 1. The number of benzene rings is 2. The summed E-state index contributed by atoms with van der Waals surface area (Å²) in [6.45, 7) is 0.188. The highest BCUT2D eigenvalue weighted by Gasteiger charge is 2.10. The number of likely N-dealkylation sites (N-methyl/N-ethyl adjacent to an activating group) is 1. The number of nitriles is 1. The van der Waals surface area contributed by atoms with E-state index in [1.165, 1.54) is 0 Å². The molecular formula is C16H15N3O. The number of carbonyl (C=O) groups is 1.